The van der Waals surface area contributed by atoms with Crippen molar-refractivity contribution in [3.63, 3.8) is 0 Å². The third-order valence-corrected chi connectivity index (χ3v) is 4.98. The van der Waals surface area contributed by atoms with E-state index in [-0.39, 0.29) is 18.4 Å². The predicted octanol–water partition coefficient (Wildman–Crippen LogP) is 5.71. The van der Waals surface area contributed by atoms with Gasteiger partial charge in [-0.15, -0.1) is 0 Å². The van der Waals surface area contributed by atoms with Crippen molar-refractivity contribution in [2.75, 3.05) is 28.6 Å². The first kappa shape index (κ1) is 21.7. The highest BCUT2D eigenvalue weighted by Crippen LogP contribution is 2.25. The van der Waals surface area contributed by atoms with Gasteiger partial charge in [-0.1, -0.05) is 41.4 Å². The number of anilines is 3. The van der Waals surface area contributed by atoms with Crippen LogP contribution >= 0.6 is 23.2 Å². The monoisotopic (exact) mass is 441 g/mol. The van der Waals surface area contributed by atoms with Gasteiger partial charge in [0, 0.05) is 28.5 Å². The van der Waals surface area contributed by atoms with Gasteiger partial charge in [0.05, 0.1) is 17.3 Å². The summed E-state index contributed by atoms with van der Waals surface area (Å²) in [5.74, 6) is -0.344. The molecular weight excluding hydrogens is 421 g/mol. The second-order valence-corrected chi connectivity index (χ2v) is 7.33. The van der Waals surface area contributed by atoms with Crippen LogP contribution in [0.5, 0.6) is 0 Å². The van der Waals surface area contributed by atoms with Crippen molar-refractivity contribution in [3.8, 4) is 0 Å². The lowest BCUT2D eigenvalue weighted by molar-refractivity contribution is -0.114. The Kier molecular flexibility index (Phi) is 7.33. The first-order valence-electron chi connectivity index (χ1n) is 9.43. The summed E-state index contributed by atoms with van der Waals surface area (Å²) in [5, 5.41) is 6.75. The summed E-state index contributed by atoms with van der Waals surface area (Å²) < 4.78 is 0. The molecule has 0 radical (unpaired) electrons. The van der Waals surface area contributed by atoms with E-state index in [9.17, 15) is 9.59 Å². The molecule has 0 atom stereocenters. The molecule has 0 aliphatic rings. The molecule has 0 fully saturated rings. The molecule has 2 amide bonds. The van der Waals surface area contributed by atoms with Crippen molar-refractivity contribution in [1.29, 1.82) is 0 Å². The Morgan fingerprint density at radius 3 is 2.30 bits per heavy atom. The highest BCUT2D eigenvalue weighted by atomic mass is 35.5. The fraction of sp³-hybridized carbons (Fsp3) is 0.130. The Labute approximate surface area is 185 Å². The Balaban J connectivity index is 1.60. The Morgan fingerprint density at radius 1 is 0.933 bits per heavy atom. The van der Waals surface area contributed by atoms with E-state index in [0.29, 0.717) is 33.5 Å². The lowest BCUT2D eigenvalue weighted by atomic mass is 10.1. The lowest BCUT2D eigenvalue weighted by Crippen LogP contribution is -2.30. The van der Waals surface area contributed by atoms with Gasteiger partial charge in [-0.05, 0) is 61.5 Å². The zero-order valence-electron chi connectivity index (χ0n) is 16.4. The summed E-state index contributed by atoms with van der Waals surface area (Å²) in [7, 11) is 0. The van der Waals surface area contributed by atoms with Crippen molar-refractivity contribution < 1.29 is 9.59 Å². The average molecular weight is 442 g/mol. The third-order valence-electron chi connectivity index (χ3n) is 4.41. The van der Waals surface area contributed by atoms with Crippen LogP contribution in [-0.4, -0.2) is 24.9 Å². The molecule has 0 unspecified atom stereocenters. The molecule has 3 aromatic carbocycles. The molecule has 0 spiro atoms. The van der Waals surface area contributed by atoms with Gasteiger partial charge in [0.15, 0.2) is 0 Å². The Bertz CT molecular complexity index is 1020. The zero-order chi connectivity index (χ0) is 21.5. The van der Waals surface area contributed by atoms with Crippen LogP contribution in [0.1, 0.15) is 17.3 Å². The van der Waals surface area contributed by atoms with Crippen LogP contribution in [0.25, 0.3) is 0 Å². The first-order valence-corrected chi connectivity index (χ1v) is 10.2. The van der Waals surface area contributed by atoms with Crippen LogP contribution in [-0.2, 0) is 4.79 Å². The van der Waals surface area contributed by atoms with Crippen LogP contribution in [0.3, 0.4) is 0 Å². The molecule has 30 heavy (non-hydrogen) atoms. The molecule has 0 saturated carbocycles. The molecule has 0 aliphatic carbocycles. The minimum absolute atomic E-state index is 0.0262. The van der Waals surface area contributed by atoms with Crippen LogP contribution in [0.4, 0.5) is 17.1 Å². The molecule has 0 aromatic heterocycles. The van der Waals surface area contributed by atoms with Crippen molar-refractivity contribution >= 4 is 52.1 Å². The summed E-state index contributed by atoms with van der Waals surface area (Å²) in [6.07, 6.45) is 0. The first-order chi connectivity index (χ1) is 14.5. The number of hydrogen-bond donors (Lipinski definition) is 2. The smallest absolute Gasteiger partial charge is 0.258 e. The number of para-hydroxylation sites is 1. The second kappa shape index (κ2) is 10.1. The number of hydrogen-bond acceptors (Lipinski definition) is 3. The number of rotatable bonds is 7. The van der Waals surface area contributed by atoms with E-state index in [4.69, 9.17) is 23.2 Å². The molecule has 5 nitrogen and oxygen atoms in total. The van der Waals surface area contributed by atoms with E-state index in [2.05, 4.69) is 10.6 Å². The van der Waals surface area contributed by atoms with Gasteiger partial charge in [0.2, 0.25) is 5.91 Å². The van der Waals surface area contributed by atoms with Crippen molar-refractivity contribution in [2.24, 2.45) is 0 Å². The number of carbonyl (C=O) groups is 2. The quantitative estimate of drug-likeness (QED) is 0.493. The molecule has 154 valence electrons. The maximum atomic E-state index is 12.8. The van der Waals surface area contributed by atoms with Gasteiger partial charge in [-0.25, -0.2) is 0 Å². The average Bonchev–Trinajstić information content (AvgIpc) is 2.76. The van der Waals surface area contributed by atoms with Crippen molar-refractivity contribution in [1.82, 2.24) is 0 Å². The van der Waals surface area contributed by atoms with Gasteiger partial charge in [0.25, 0.3) is 5.91 Å². The van der Waals surface area contributed by atoms with E-state index < -0.39 is 0 Å². The summed E-state index contributed by atoms with van der Waals surface area (Å²) in [6, 6.07) is 21.3. The summed E-state index contributed by atoms with van der Waals surface area (Å²) in [5.41, 5.74) is 2.56. The minimum atomic E-state index is -0.246. The molecule has 3 rings (SSSR count). The van der Waals surface area contributed by atoms with Gasteiger partial charge >= 0.3 is 0 Å². The summed E-state index contributed by atoms with van der Waals surface area (Å²) in [4.78, 5) is 26.8. The Morgan fingerprint density at radius 2 is 1.63 bits per heavy atom. The van der Waals surface area contributed by atoms with Crippen molar-refractivity contribution in [3.05, 3.63) is 88.4 Å². The Hall–Kier alpha value is -3.02. The normalized spacial score (nSPS) is 10.4. The number of halogens is 2. The van der Waals surface area contributed by atoms with E-state index in [1.165, 1.54) is 0 Å². The largest absolute Gasteiger partial charge is 0.375 e. The van der Waals surface area contributed by atoms with Crippen molar-refractivity contribution in [2.45, 2.75) is 6.92 Å². The second-order valence-electron chi connectivity index (χ2n) is 6.49. The molecule has 0 heterocycles. The highest BCUT2D eigenvalue weighted by molar-refractivity contribution is 6.35. The van der Waals surface area contributed by atoms with Crippen LogP contribution < -0.4 is 15.5 Å². The predicted molar refractivity (Wildman–Crippen MR) is 124 cm³/mol. The standard InChI is InChI=1S/C23H21Cl2N3O2/c1-2-28(19-6-4-3-5-7-19)23(30)16-8-11-18(12-9-16)27-22(29)15-26-21-14-17(24)10-13-20(21)25/h3-14,26H,2,15H2,1H3,(H,27,29). The third kappa shape index (κ3) is 5.53. The van der Waals surface area contributed by atoms with E-state index in [1.54, 1.807) is 47.4 Å². The topological polar surface area (TPSA) is 61.4 Å². The highest BCUT2D eigenvalue weighted by Gasteiger charge is 2.16. The van der Waals surface area contributed by atoms with Gasteiger partial charge < -0.3 is 15.5 Å². The molecular formula is C23H21Cl2N3O2. The van der Waals surface area contributed by atoms with E-state index in [0.717, 1.165) is 5.69 Å². The maximum Gasteiger partial charge on any atom is 0.258 e. The van der Waals surface area contributed by atoms with E-state index in [1.807, 2.05) is 37.3 Å². The molecule has 7 heteroatoms. The van der Waals surface area contributed by atoms with Crippen LogP contribution in [0.2, 0.25) is 10.0 Å². The molecule has 0 aliphatic heterocycles. The summed E-state index contributed by atoms with van der Waals surface area (Å²) >= 11 is 12.0. The number of nitrogens with zero attached hydrogens (tertiary/aromatic N) is 1. The number of amides is 2. The fourth-order valence-corrected chi connectivity index (χ4v) is 3.27. The SMILES string of the molecule is CCN(C(=O)c1ccc(NC(=O)CNc2cc(Cl)ccc2Cl)cc1)c1ccccc1. The number of carbonyl (C=O) groups excluding carboxylic acids is 2. The van der Waals surface area contributed by atoms with Gasteiger partial charge in [-0.3, -0.25) is 9.59 Å². The summed E-state index contributed by atoms with van der Waals surface area (Å²) in [6.45, 7) is 2.51. The minimum Gasteiger partial charge on any atom is -0.375 e. The zero-order valence-corrected chi connectivity index (χ0v) is 17.9. The van der Waals surface area contributed by atoms with Crippen LogP contribution in [0.15, 0.2) is 72.8 Å². The van der Waals surface area contributed by atoms with Crippen LogP contribution in [0, 0.1) is 0 Å². The lowest BCUT2D eigenvalue weighted by Gasteiger charge is -2.21. The number of nitrogens with one attached hydrogen (secondary N) is 2. The molecule has 2 N–H and O–H groups in total. The molecule has 0 saturated heterocycles. The molecule has 3 aromatic rings. The van der Waals surface area contributed by atoms with Gasteiger partial charge in [0.1, 0.15) is 0 Å². The van der Waals surface area contributed by atoms with Gasteiger partial charge in [-0.2, -0.15) is 0 Å². The maximum absolute atomic E-state index is 12.8. The molecule has 0 bridgehead atoms. The fourth-order valence-electron chi connectivity index (χ4n) is 2.92. The number of benzene rings is 3. The van der Waals surface area contributed by atoms with E-state index >= 15 is 0 Å².